The van der Waals surface area contributed by atoms with Crippen LogP contribution in [0.4, 0.5) is 4.39 Å². The van der Waals surface area contributed by atoms with E-state index in [1.807, 2.05) is 6.92 Å². The lowest BCUT2D eigenvalue weighted by Gasteiger charge is -2.14. The predicted molar refractivity (Wildman–Crippen MR) is 86.9 cm³/mol. The highest BCUT2D eigenvalue weighted by molar-refractivity contribution is 6.04. The summed E-state index contributed by atoms with van der Waals surface area (Å²) in [6.07, 6.45) is 0. The Balaban J connectivity index is 2.33. The van der Waals surface area contributed by atoms with Crippen molar-refractivity contribution in [2.24, 2.45) is 7.05 Å². The van der Waals surface area contributed by atoms with Crippen molar-refractivity contribution in [2.75, 3.05) is 0 Å². The zero-order chi connectivity index (χ0) is 17.6. The molecule has 0 bridgehead atoms. The summed E-state index contributed by atoms with van der Waals surface area (Å²) in [7, 11) is 1.78. The molecular weight excluding hydrogens is 313 g/mol. The Labute approximate surface area is 136 Å². The van der Waals surface area contributed by atoms with Gasteiger partial charge in [0.05, 0.1) is 23.2 Å². The molecule has 0 radical (unpaired) electrons. The molecule has 0 aliphatic heterocycles. The molecule has 0 saturated carbocycles. The normalized spacial score (nSPS) is 11.2. The molecule has 0 spiro atoms. The van der Waals surface area contributed by atoms with Gasteiger partial charge in [-0.15, -0.1) is 0 Å². The van der Waals surface area contributed by atoms with Gasteiger partial charge in [0.2, 0.25) is 0 Å². The third-order valence-corrected chi connectivity index (χ3v) is 4.21. The third-order valence-electron chi connectivity index (χ3n) is 4.21. The van der Waals surface area contributed by atoms with Gasteiger partial charge < -0.3 is 9.67 Å². The van der Waals surface area contributed by atoms with E-state index in [9.17, 15) is 19.1 Å². The van der Waals surface area contributed by atoms with Crippen LogP contribution < -0.4 is 5.56 Å². The van der Waals surface area contributed by atoms with E-state index in [4.69, 9.17) is 0 Å². The molecule has 1 N–H and O–H groups in total. The van der Waals surface area contributed by atoms with Crippen LogP contribution in [-0.4, -0.2) is 25.4 Å². The van der Waals surface area contributed by atoms with Crippen molar-refractivity contribution in [1.29, 1.82) is 0 Å². The number of hydrogen-bond acceptors (Lipinski definition) is 3. The highest BCUT2D eigenvalue weighted by Gasteiger charge is 2.21. The summed E-state index contributed by atoms with van der Waals surface area (Å²) in [4.78, 5) is 24.4. The number of rotatable bonds is 3. The molecule has 0 fully saturated rings. The highest BCUT2D eigenvalue weighted by atomic mass is 19.1. The van der Waals surface area contributed by atoms with Gasteiger partial charge in [-0.2, -0.15) is 5.10 Å². The number of benzene rings is 1. The number of carbonyl (C=O) groups is 1. The number of halogens is 1. The first-order valence-electron chi connectivity index (χ1n) is 7.35. The van der Waals surface area contributed by atoms with Crippen molar-refractivity contribution < 1.29 is 14.3 Å². The zero-order valence-electron chi connectivity index (χ0n) is 13.5. The van der Waals surface area contributed by atoms with Crippen molar-refractivity contribution >= 4 is 16.7 Å². The molecule has 2 heterocycles. The number of carboxylic acids is 1. The number of pyridine rings is 1. The quantitative estimate of drug-likeness (QED) is 0.799. The molecule has 0 aliphatic rings. The number of nitrogens with zero attached hydrogens (tertiary/aromatic N) is 3. The average Bonchev–Trinajstić information content (AvgIpc) is 2.81. The van der Waals surface area contributed by atoms with Crippen molar-refractivity contribution in [3.8, 4) is 0 Å². The summed E-state index contributed by atoms with van der Waals surface area (Å²) in [6, 6.07) is 5.80. The molecule has 124 valence electrons. The second-order valence-electron chi connectivity index (χ2n) is 5.72. The molecule has 0 unspecified atom stereocenters. The minimum absolute atomic E-state index is 0.0725. The monoisotopic (exact) mass is 329 g/mol. The second-order valence-corrected chi connectivity index (χ2v) is 5.72. The van der Waals surface area contributed by atoms with E-state index in [2.05, 4.69) is 5.10 Å². The Bertz CT molecular complexity index is 1010. The number of aromatic carboxylic acids is 1. The van der Waals surface area contributed by atoms with Crippen LogP contribution >= 0.6 is 0 Å². The molecule has 7 heteroatoms. The van der Waals surface area contributed by atoms with E-state index in [-0.39, 0.29) is 28.6 Å². The van der Waals surface area contributed by atoms with E-state index in [0.717, 1.165) is 11.8 Å². The molecule has 0 saturated heterocycles. The fourth-order valence-corrected chi connectivity index (χ4v) is 2.90. The molecule has 24 heavy (non-hydrogen) atoms. The maximum Gasteiger partial charge on any atom is 0.338 e. The lowest BCUT2D eigenvalue weighted by atomic mass is 10.0. The van der Waals surface area contributed by atoms with Gasteiger partial charge >= 0.3 is 5.97 Å². The van der Waals surface area contributed by atoms with Crippen molar-refractivity contribution in [3.63, 3.8) is 0 Å². The Morgan fingerprint density at radius 1 is 1.33 bits per heavy atom. The standard InChI is InChI=1S/C17H16FN3O3/c1-9-7-11(19-20(9)3)8-21-10(2)14(17(23)24)12-5-4-6-13(18)15(12)16(21)22/h4-7H,8H2,1-3H3,(H,23,24). The van der Waals surface area contributed by atoms with Crippen molar-refractivity contribution in [2.45, 2.75) is 20.4 Å². The number of aryl methyl sites for hydroxylation is 2. The summed E-state index contributed by atoms with van der Waals surface area (Å²) in [5, 5.41) is 13.7. The molecule has 2 aromatic heterocycles. The van der Waals surface area contributed by atoms with Gasteiger partial charge in [-0.3, -0.25) is 9.48 Å². The highest BCUT2D eigenvalue weighted by Crippen LogP contribution is 2.22. The van der Waals surface area contributed by atoms with E-state index >= 15 is 0 Å². The van der Waals surface area contributed by atoms with Crippen LogP contribution in [-0.2, 0) is 13.6 Å². The minimum Gasteiger partial charge on any atom is -0.478 e. The van der Waals surface area contributed by atoms with Crippen LogP contribution in [0.25, 0.3) is 10.8 Å². The van der Waals surface area contributed by atoms with E-state index in [0.29, 0.717) is 5.69 Å². The van der Waals surface area contributed by atoms with Crippen LogP contribution in [0.15, 0.2) is 29.1 Å². The van der Waals surface area contributed by atoms with Gasteiger partial charge in [0.15, 0.2) is 0 Å². The minimum atomic E-state index is -1.20. The summed E-state index contributed by atoms with van der Waals surface area (Å²) in [5.41, 5.74) is 1.15. The second kappa shape index (κ2) is 5.59. The molecule has 0 atom stereocenters. The van der Waals surface area contributed by atoms with Crippen LogP contribution in [0.2, 0.25) is 0 Å². The van der Waals surface area contributed by atoms with Crippen molar-refractivity contribution in [1.82, 2.24) is 14.3 Å². The molecule has 0 amide bonds. The van der Waals surface area contributed by atoms with E-state index < -0.39 is 17.3 Å². The predicted octanol–water partition coefficient (Wildman–Crippen LogP) is 2.24. The van der Waals surface area contributed by atoms with Gasteiger partial charge in [0.1, 0.15) is 5.82 Å². The van der Waals surface area contributed by atoms with Gasteiger partial charge in [0, 0.05) is 23.8 Å². The van der Waals surface area contributed by atoms with Crippen LogP contribution in [0.1, 0.15) is 27.4 Å². The number of fused-ring (bicyclic) bond motifs is 1. The molecule has 3 rings (SSSR count). The molecule has 1 aromatic carbocycles. The smallest absolute Gasteiger partial charge is 0.338 e. The Morgan fingerprint density at radius 3 is 2.62 bits per heavy atom. The summed E-state index contributed by atoms with van der Waals surface area (Å²) >= 11 is 0. The van der Waals surface area contributed by atoms with Crippen LogP contribution in [0.5, 0.6) is 0 Å². The zero-order valence-corrected chi connectivity index (χ0v) is 13.5. The number of aromatic nitrogens is 3. The first-order chi connectivity index (χ1) is 11.3. The number of carboxylic acid groups (broad SMARTS) is 1. The summed E-state index contributed by atoms with van der Waals surface area (Å²) < 4.78 is 17.1. The van der Waals surface area contributed by atoms with Crippen LogP contribution in [0.3, 0.4) is 0 Å². The largest absolute Gasteiger partial charge is 0.478 e. The third kappa shape index (κ3) is 2.38. The first-order valence-corrected chi connectivity index (χ1v) is 7.35. The first kappa shape index (κ1) is 15.9. The maximum absolute atomic E-state index is 14.2. The van der Waals surface area contributed by atoms with E-state index in [1.165, 1.54) is 16.7 Å². The number of hydrogen-bond donors (Lipinski definition) is 1. The summed E-state index contributed by atoms with van der Waals surface area (Å²) in [5.74, 6) is -1.93. The van der Waals surface area contributed by atoms with Crippen LogP contribution in [0, 0.1) is 19.7 Å². The molecular formula is C17H16FN3O3. The van der Waals surface area contributed by atoms with Gasteiger partial charge in [0.25, 0.3) is 5.56 Å². The Hall–Kier alpha value is -2.96. The lowest BCUT2D eigenvalue weighted by molar-refractivity contribution is 0.0697. The Morgan fingerprint density at radius 2 is 2.04 bits per heavy atom. The molecule has 0 aliphatic carbocycles. The fourth-order valence-electron chi connectivity index (χ4n) is 2.90. The van der Waals surface area contributed by atoms with E-state index in [1.54, 1.807) is 24.7 Å². The van der Waals surface area contributed by atoms with Gasteiger partial charge in [-0.25, -0.2) is 9.18 Å². The fraction of sp³-hybridized carbons (Fsp3) is 0.235. The SMILES string of the molecule is Cc1cc(Cn2c(C)c(C(=O)O)c3cccc(F)c3c2=O)nn1C. The average molecular weight is 329 g/mol. The molecule has 6 nitrogen and oxygen atoms in total. The lowest BCUT2D eigenvalue weighted by Crippen LogP contribution is -2.27. The molecule has 3 aromatic rings. The topological polar surface area (TPSA) is 77.1 Å². The summed E-state index contributed by atoms with van der Waals surface area (Å²) in [6.45, 7) is 3.50. The Kier molecular flexibility index (Phi) is 3.71. The van der Waals surface area contributed by atoms with Crippen molar-refractivity contribution in [3.05, 3.63) is 63.1 Å². The van der Waals surface area contributed by atoms with Gasteiger partial charge in [-0.05, 0) is 26.0 Å². The maximum atomic E-state index is 14.2. The van der Waals surface area contributed by atoms with Gasteiger partial charge in [-0.1, -0.05) is 12.1 Å².